The van der Waals surface area contributed by atoms with Gasteiger partial charge >= 0.3 is 0 Å². The van der Waals surface area contributed by atoms with Gasteiger partial charge in [-0.15, -0.1) is 0 Å². The molecule has 0 saturated carbocycles. The second kappa shape index (κ2) is 7.23. The molecule has 2 heterocycles. The molecule has 2 aromatic carbocycles. The number of aromatic nitrogens is 1. The summed E-state index contributed by atoms with van der Waals surface area (Å²) in [6, 6.07) is 18.3. The van der Waals surface area contributed by atoms with E-state index in [1.54, 1.807) is 11.3 Å². The zero-order chi connectivity index (χ0) is 17.1. The van der Waals surface area contributed by atoms with Crippen molar-refractivity contribution in [3.8, 4) is 0 Å². The molecule has 4 nitrogen and oxygen atoms in total. The molecule has 1 fully saturated rings. The van der Waals surface area contributed by atoms with Gasteiger partial charge in [0.05, 0.1) is 10.2 Å². The number of thiazole rings is 1. The summed E-state index contributed by atoms with van der Waals surface area (Å²) >= 11 is 1.74. The zero-order valence-electron chi connectivity index (χ0n) is 14.0. The van der Waals surface area contributed by atoms with Gasteiger partial charge in [0.15, 0.2) is 5.13 Å². The van der Waals surface area contributed by atoms with Crippen LogP contribution in [-0.2, 0) is 11.3 Å². The van der Waals surface area contributed by atoms with E-state index < -0.39 is 0 Å². The van der Waals surface area contributed by atoms with Crippen LogP contribution in [0.15, 0.2) is 54.6 Å². The average molecular weight is 351 g/mol. The number of rotatable bonds is 4. The maximum atomic E-state index is 12.4. The molecule has 1 aliphatic heterocycles. The Bertz CT molecular complexity index is 821. The number of para-hydroxylation sites is 1. The predicted octanol–water partition coefficient (Wildman–Crippen LogP) is 3.83. The molecule has 1 aliphatic rings. The van der Waals surface area contributed by atoms with Crippen LogP contribution in [0.4, 0.5) is 5.13 Å². The van der Waals surface area contributed by atoms with Crippen molar-refractivity contribution in [2.24, 2.45) is 5.92 Å². The maximum absolute atomic E-state index is 12.4. The number of hydrogen-bond donors (Lipinski definition) is 1. The zero-order valence-corrected chi connectivity index (χ0v) is 14.8. The Morgan fingerprint density at radius 2 is 1.80 bits per heavy atom. The maximum Gasteiger partial charge on any atom is 0.223 e. The Labute approximate surface area is 151 Å². The third-order valence-corrected chi connectivity index (χ3v) is 5.83. The fraction of sp³-hybridized carbons (Fsp3) is 0.300. The van der Waals surface area contributed by atoms with Gasteiger partial charge in [0.2, 0.25) is 5.91 Å². The molecule has 1 saturated heterocycles. The molecular weight excluding hydrogens is 330 g/mol. The van der Waals surface area contributed by atoms with Crippen molar-refractivity contribution in [2.45, 2.75) is 19.4 Å². The van der Waals surface area contributed by atoms with Crippen molar-refractivity contribution in [3.05, 3.63) is 60.2 Å². The van der Waals surface area contributed by atoms with Gasteiger partial charge in [0, 0.05) is 25.6 Å². The van der Waals surface area contributed by atoms with Crippen molar-refractivity contribution in [3.63, 3.8) is 0 Å². The van der Waals surface area contributed by atoms with Crippen LogP contribution >= 0.6 is 11.3 Å². The van der Waals surface area contributed by atoms with E-state index in [9.17, 15) is 4.79 Å². The number of hydrogen-bond acceptors (Lipinski definition) is 4. The highest BCUT2D eigenvalue weighted by molar-refractivity contribution is 7.22. The third-order valence-electron chi connectivity index (χ3n) is 4.73. The lowest BCUT2D eigenvalue weighted by Crippen LogP contribution is -2.40. The van der Waals surface area contributed by atoms with E-state index in [-0.39, 0.29) is 11.8 Å². The molecule has 3 aromatic rings. The highest BCUT2D eigenvalue weighted by Crippen LogP contribution is 2.31. The molecule has 0 unspecified atom stereocenters. The third kappa shape index (κ3) is 3.66. The van der Waals surface area contributed by atoms with E-state index in [2.05, 4.69) is 22.3 Å². The van der Waals surface area contributed by atoms with Gasteiger partial charge in [0.25, 0.3) is 0 Å². The van der Waals surface area contributed by atoms with E-state index in [4.69, 9.17) is 4.98 Å². The summed E-state index contributed by atoms with van der Waals surface area (Å²) in [5.41, 5.74) is 2.20. The number of carbonyl (C=O) groups is 1. The Balaban J connectivity index is 1.32. The van der Waals surface area contributed by atoms with Crippen molar-refractivity contribution in [1.29, 1.82) is 0 Å². The molecule has 1 aromatic heterocycles. The van der Waals surface area contributed by atoms with E-state index in [1.807, 2.05) is 42.5 Å². The summed E-state index contributed by atoms with van der Waals surface area (Å²) in [6.45, 7) is 2.39. The van der Waals surface area contributed by atoms with Gasteiger partial charge in [-0.05, 0) is 30.5 Å². The molecule has 25 heavy (non-hydrogen) atoms. The quantitative estimate of drug-likeness (QED) is 0.777. The standard InChI is InChI=1S/C20H21N3OS/c24-19(21-14-15-6-2-1-3-7-15)16-10-12-23(13-11-16)20-22-17-8-4-5-9-18(17)25-20/h1-9,16H,10-14H2,(H,21,24). The number of nitrogens with zero attached hydrogens (tertiary/aromatic N) is 2. The SMILES string of the molecule is O=C(NCc1ccccc1)C1CCN(c2nc3ccccc3s2)CC1. The number of amides is 1. The first-order valence-corrected chi connectivity index (χ1v) is 9.53. The van der Waals surface area contributed by atoms with Gasteiger partial charge in [0.1, 0.15) is 0 Å². The molecule has 0 spiro atoms. The fourth-order valence-electron chi connectivity index (χ4n) is 3.26. The first-order valence-electron chi connectivity index (χ1n) is 8.72. The van der Waals surface area contributed by atoms with Crippen LogP contribution in [0.1, 0.15) is 18.4 Å². The normalized spacial score (nSPS) is 15.4. The largest absolute Gasteiger partial charge is 0.352 e. The van der Waals surface area contributed by atoms with E-state index in [0.29, 0.717) is 6.54 Å². The molecule has 0 bridgehead atoms. The highest BCUT2D eigenvalue weighted by atomic mass is 32.1. The van der Waals surface area contributed by atoms with Crippen molar-refractivity contribution in [2.75, 3.05) is 18.0 Å². The van der Waals surface area contributed by atoms with E-state index >= 15 is 0 Å². The molecular formula is C20H21N3OS. The van der Waals surface area contributed by atoms with Gasteiger partial charge in [-0.25, -0.2) is 4.98 Å². The lowest BCUT2D eigenvalue weighted by atomic mass is 9.96. The molecule has 128 valence electrons. The minimum atomic E-state index is 0.106. The smallest absolute Gasteiger partial charge is 0.223 e. The molecule has 5 heteroatoms. The molecule has 0 aliphatic carbocycles. The number of fused-ring (bicyclic) bond motifs is 1. The minimum absolute atomic E-state index is 0.106. The number of nitrogens with one attached hydrogen (secondary N) is 1. The summed E-state index contributed by atoms with van der Waals surface area (Å²) in [7, 11) is 0. The Morgan fingerprint density at radius 3 is 2.56 bits per heavy atom. The summed E-state index contributed by atoms with van der Waals surface area (Å²) in [6.07, 6.45) is 1.77. The number of anilines is 1. The fourth-order valence-corrected chi connectivity index (χ4v) is 4.27. The van der Waals surface area contributed by atoms with E-state index in [1.165, 1.54) is 4.70 Å². The number of benzene rings is 2. The topological polar surface area (TPSA) is 45.2 Å². The molecule has 1 amide bonds. The Kier molecular flexibility index (Phi) is 4.65. The summed E-state index contributed by atoms with van der Waals surface area (Å²) in [4.78, 5) is 19.5. The average Bonchev–Trinajstić information content (AvgIpc) is 3.11. The molecule has 0 radical (unpaired) electrons. The Morgan fingerprint density at radius 1 is 1.08 bits per heavy atom. The highest BCUT2D eigenvalue weighted by Gasteiger charge is 2.26. The van der Waals surface area contributed by atoms with Crippen molar-refractivity contribution < 1.29 is 4.79 Å². The monoisotopic (exact) mass is 351 g/mol. The lowest BCUT2D eigenvalue weighted by molar-refractivity contribution is -0.125. The molecule has 0 atom stereocenters. The van der Waals surface area contributed by atoms with Crippen molar-refractivity contribution >= 4 is 32.6 Å². The van der Waals surface area contributed by atoms with Crippen LogP contribution < -0.4 is 10.2 Å². The van der Waals surface area contributed by atoms with Crippen LogP contribution in [0.25, 0.3) is 10.2 Å². The van der Waals surface area contributed by atoms with Gasteiger partial charge < -0.3 is 10.2 Å². The second-order valence-electron chi connectivity index (χ2n) is 6.43. The van der Waals surface area contributed by atoms with E-state index in [0.717, 1.165) is 42.1 Å². The van der Waals surface area contributed by atoms with Crippen LogP contribution in [-0.4, -0.2) is 24.0 Å². The Hall–Kier alpha value is -2.40. The van der Waals surface area contributed by atoms with Crippen LogP contribution in [0.5, 0.6) is 0 Å². The first-order chi connectivity index (χ1) is 12.3. The van der Waals surface area contributed by atoms with Gasteiger partial charge in [-0.2, -0.15) is 0 Å². The molecule has 4 rings (SSSR count). The van der Waals surface area contributed by atoms with Gasteiger partial charge in [-0.1, -0.05) is 53.8 Å². The number of carbonyl (C=O) groups excluding carboxylic acids is 1. The number of piperidine rings is 1. The van der Waals surface area contributed by atoms with Crippen LogP contribution in [0.3, 0.4) is 0 Å². The van der Waals surface area contributed by atoms with Crippen molar-refractivity contribution in [1.82, 2.24) is 10.3 Å². The lowest BCUT2D eigenvalue weighted by Gasteiger charge is -2.31. The summed E-state index contributed by atoms with van der Waals surface area (Å²) < 4.78 is 1.22. The summed E-state index contributed by atoms with van der Waals surface area (Å²) in [5, 5.41) is 4.15. The first kappa shape index (κ1) is 16.1. The van der Waals surface area contributed by atoms with Crippen LogP contribution in [0.2, 0.25) is 0 Å². The van der Waals surface area contributed by atoms with Gasteiger partial charge in [-0.3, -0.25) is 4.79 Å². The second-order valence-corrected chi connectivity index (χ2v) is 7.44. The minimum Gasteiger partial charge on any atom is -0.352 e. The van der Waals surface area contributed by atoms with Crippen LogP contribution in [0, 0.1) is 5.92 Å². The predicted molar refractivity (Wildman–Crippen MR) is 103 cm³/mol. The molecule has 1 N–H and O–H groups in total. The summed E-state index contributed by atoms with van der Waals surface area (Å²) in [5.74, 6) is 0.280.